The summed E-state index contributed by atoms with van der Waals surface area (Å²) in [4.78, 5) is 75.0. The molecular weight excluding hydrogens is 726 g/mol. The Bertz CT molecular complexity index is 1880. The molecule has 6 N–H and O–H groups in total. The van der Waals surface area contributed by atoms with E-state index in [4.69, 9.17) is 22.2 Å². The average molecular weight is 763 g/mol. The summed E-state index contributed by atoms with van der Waals surface area (Å²) >= 11 is 8.60. The van der Waals surface area contributed by atoms with Crippen molar-refractivity contribution in [3.63, 3.8) is 0 Å². The number of fused-ring (bicyclic) bond motifs is 4. The van der Waals surface area contributed by atoms with Crippen molar-refractivity contribution in [3.05, 3.63) is 45.1 Å². The number of rotatable bonds is 13. The number of carboxylic acids is 2. The van der Waals surface area contributed by atoms with E-state index in [0.717, 1.165) is 50.2 Å². The molecule has 2 aromatic rings. The zero-order valence-electron chi connectivity index (χ0n) is 27.8. The molecule has 2 bridgehead atoms. The van der Waals surface area contributed by atoms with Gasteiger partial charge in [-0.15, -0.1) is 23.1 Å². The van der Waals surface area contributed by atoms with E-state index in [1.165, 1.54) is 48.0 Å². The summed E-state index contributed by atoms with van der Waals surface area (Å²) in [6.07, 6.45) is 2.13. The molecule has 0 aliphatic carbocycles. The molecule has 1 amide bonds. The van der Waals surface area contributed by atoms with Gasteiger partial charge in [0.15, 0.2) is 33.9 Å². The number of benzene rings is 1. The number of aromatic hydroxyl groups is 2. The lowest BCUT2D eigenvalue weighted by Crippen LogP contribution is -2.65. The van der Waals surface area contributed by atoms with E-state index < -0.39 is 52.0 Å². The summed E-state index contributed by atoms with van der Waals surface area (Å²) in [5.74, 6) is -5.29. The maximum absolute atomic E-state index is 13.5. The number of phenolic OH excluding ortho intramolecular Hbond substituents is 2. The molecule has 0 saturated carbocycles. The fourth-order valence-corrected chi connectivity index (χ4v) is 9.53. The van der Waals surface area contributed by atoms with Gasteiger partial charge in [-0.25, -0.2) is 14.6 Å². The normalized spacial score (nSPS) is 26.1. The van der Waals surface area contributed by atoms with Crippen LogP contribution in [0.2, 0.25) is 5.02 Å². The number of halogens is 1. The van der Waals surface area contributed by atoms with Gasteiger partial charge in [0.25, 0.3) is 0 Å². The summed E-state index contributed by atoms with van der Waals surface area (Å²) in [7, 11) is 0. The minimum Gasteiger partial charge on any atom is -0.504 e. The Morgan fingerprint density at radius 1 is 1.16 bits per heavy atom. The molecule has 6 heterocycles. The highest BCUT2D eigenvalue weighted by molar-refractivity contribution is 8.00. The Hall–Kier alpha value is -4.19. The van der Waals surface area contributed by atoms with E-state index in [1.807, 2.05) is 0 Å². The maximum atomic E-state index is 13.5. The van der Waals surface area contributed by atoms with Gasteiger partial charge in [0.05, 0.1) is 35.9 Å². The number of aliphatic carboxylic acids is 2. The summed E-state index contributed by atoms with van der Waals surface area (Å²) in [6.45, 7) is 5.14. The van der Waals surface area contributed by atoms with Crippen LogP contribution in [-0.4, -0.2) is 113 Å². The molecule has 0 unspecified atom stereocenters. The van der Waals surface area contributed by atoms with Crippen LogP contribution in [0.1, 0.15) is 62.0 Å². The lowest BCUT2D eigenvalue weighted by atomic mass is 9.67. The quantitative estimate of drug-likeness (QED) is 0.0492. The lowest BCUT2D eigenvalue weighted by Gasteiger charge is -2.56. The van der Waals surface area contributed by atoms with Crippen LogP contribution in [0.15, 0.2) is 33.9 Å². The van der Waals surface area contributed by atoms with Gasteiger partial charge < -0.3 is 35.5 Å². The van der Waals surface area contributed by atoms with Gasteiger partial charge in [-0.1, -0.05) is 16.8 Å². The number of quaternary nitrogens is 1. The summed E-state index contributed by atoms with van der Waals surface area (Å²) in [5, 5.41) is 44.1. The number of ketones is 2. The fraction of sp³-hybridized carbons (Fsp3) is 0.485. The number of carboxylic acid groups (broad SMARTS) is 2. The number of thioether (sulfide) groups is 1. The molecule has 4 fully saturated rings. The first-order valence-corrected chi connectivity index (χ1v) is 18.5. The van der Waals surface area contributed by atoms with Crippen molar-refractivity contribution in [1.82, 2.24) is 9.88 Å². The highest BCUT2D eigenvalue weighted by Gasteiger charge is 2.56. The molecule has 1 aromatic carbocycles. The van der Waals surface area contributed by atoms with Crippen molar-refractivity contribution in [2.45, 2.75) is 56.9 Å². The fourth-order valence-electron chi connectivity index (χ4n) is 7.32. The van der Waals surface area contributed by atoms with Crippen LogP contribution in [0.25, 0.3) is 0 Å². The molecule has 4 saturated heterocycles. The predicted octanol–water partition coefficient (Wildman–Crippen LogP) is 3.48. The molecule has 7 rings (SSSR count). The molecule has 51 heavy (non-hydrogen) atoms. The molecule has 2 atom stereocenters. The van der Waals surface area contributed by atoms with Crippen LogP contribution in [-0.2, 0) is 24.0 Å². The molecule has 5 aliphatic heterocycles. The second-order valence-corrected chi connectivity index (χ2v) is 16.5. The molecule has 0 radical (unpaired) electrons. The van der Waals surface area contributed by atoms with Crippen molar-refractivity contribution in [3.8, 4) is 11.5 Å². The zero-order valence-corrected chi connectivity index (χ0v) is 30.1. The first kappa shape index (κ1) is 36.6. The highest BCUT2D eigenvalue weighted by atomic mass is 35.5. The van der Waals surface area contributed by atoms with Crippen LogP contribution >= 0.6 is 34.7 Å². The number of carbonyl (C=O) groups is 5. The van der Waals surface area contributed by atoms with Crippen molar-refractivity contribution in [1.29, 1.82) is 0 Å². The SMILES string of the molecule is CC(C)(O/N=C(\C(=O)C[C@@H]1C(=O)N2C(C(=O)O)=C(C[N+]34CCC(CC(=O)c5ccc(O)c(O)c5Cl)(CC3)CC4)CS[C@H]12)c1csc(N)n1)C(=O)O. The number of thiazole rings is 1. The Morgan fingerprint density at radius 2 is 1.82 bits per heavy atom. The van der Waals surface area contributed by atoms with E-state index in [0.29, 0.717) is 22.4 Å². The van der Waals surface area contributed by atoms with Crippen LogP contribution in [0.5, 0.6) is 11.5 Å². The van der Waals surface area contributed by atoms with E-state index in [1.54, 1.807) is 0 Å². The number of aromatic nitrogens is 1. The molecule has 272 valence electrons. The average Bonchev–Trinajstić information content (AvgIpc) is 3.51. The molecular formula is C33H37ClN5O10S2+. The molecule has 18 heteroatoms. The zero-order chi connectivity index (χ0) is 37.0. The smallest absolute Gasteiger partial charge is 0.352 e. The molecule has 15 nitrogen and oxygen atoms in total. The monoisotopic (exact) mass is 762 g/mol. The number of piperidine rings is 3. The summed E-state index contributed by atoms with van der Waals surface area (Å²) < 4.78 is 0.640. The van der Waals surface area contributed by atoms with Crippen LogP contribution in [0, 0.1) is 11.3 Å². The van der Waals surface area contributed by atoms with Crippen LogP contribution in [0.4, 0.5) is 5.13 Å². The van der Waals surface area contributed by atoms with Gasteiger partial charge in [0.1, 0.15) is 17.9 Å². The van der Waals surface area contributed by atoms with E-state index in [-0.39, 0.29) is 56.9 Å². The Kier molecular flexibility index (Phi) is 9.63. The number of hydrogen-bond acceptors (Lipinski definition) is 13. The number of nitrogen functional groups attached to an aromatic ring is 1. The number of β-lactam (4-membered cyclic amide) rings is 1. The lowest BCUT2D eigenvalue weighted by molar-refractivity contribution is -0.941. The number of anilines is 1. The van der Waals surface area contributed by atoms with E-state index in [9.17, 15) is 44.4 Å². The van der Waals surface area contributed by atoms with Gasteiger partial charge in [-0.3, -0.25) is 19.3 Å². The van der Waals surface area contributed by atoms with E-state index in [2.05, 4.69) is 10.1 Å². The van der Waals surface area contributed by atoms with E-state index >= 15 is 0 Å². The Morgan fingerprint density at radius 3 is 2.41 bits per heavy atom. The molecule has 5 aliphatic rings. The van der Waals surface area contributed by atoms with Crippen molar-refractivity contribution >= 4 is 75.0 Å². The number of phenols is 2. The highest BCUT2D eigenvalue weighted by Crippen LogP contribution is 2.50. The van der Waals surface area contributed by atoms with Crippen molar-refractivity contribution in [2.24, 2.45) is 16.5 Å². The van der Waals surface area contributed by atoms with Crippen molar-refractivity contribution in [2.75, 3.05) is 37.7 Å². The topological polar surface area (TPSA) is 230 Å². The largest absolute Gasteiger partial charge is 0.504 e. The third-order valence-corrected chi connectivity index (χ3v) is 12.9. The number of nitrogens with two attached hydrogens (primary N) is 1. The van der Waals surface area contributed by atoms with Gasteiger partial charge in [-0.2, -0.15) is 0 Å². The van der Waals surface area contributed by atoms with Gasteiger partial charge in [-0.05, 0) is 31.4 Å². The number of amides is 1. The molecule has 1 aromatic heterocycles. The first-order chi connectivity index (χ1) is 24.0. The maximum Gasteiger partial charge on any atom is 0.352 e. The third-order valence-electron chi connectivity index (χ3n) is 10.5. The predicted molar refractivity (Wildman–Crippen MR) is 186 cm³/mol. The number of hydrogen-bond donors (Lipinski definition) is 5. The number of nitrogens with zero attached hydrogens (tertiary/aromatic N) is 4. The van der Waals surface area contributed by atoms with Crippen LogP contribution in [0.3, 0.4) is 0 Å². The van der Waals surface area contributed by atoms with Crippen molar-refractivity contribution < 1.29 is 53.7 Å². The second kappa shape index (κ2) is 13.4. The standard InChI is InChI=1S/C33H36ClN5O10S2/c1-32(2,30(47)48)49-37-24(19-15-51-31(35)36-19)21(41)11-18-27(44)38-25(29(45)46)16(14-50-28(18)38)13-39-8-5-33(6-9-39,7-10-39)12-22(42)17-3-4-20(40)26(43)23(17)34/h3-4,15,18,28H,5-14H2,1-2H3,(H5-,35,36,37,40,41,42,43,45,46,47,48)/p+1/t18-,28-,33?,39?/m1/s1. The Balaban J connectivity index is 1.14. The second-order valence-electron chi connectivity index (χ2n) is 14.1. The summed E-state index contributed by atoms with van der Waals surface area (Å²) in [5.41, 5.74) is 4.27. The Labute approximate surface area is 305 Å². The van der Waals surface area contributed by atoms with Gasteiger partial charge in [0.2, 0.25) is 11.5 Å². The van der Waals surface area contributed by atoms with Gasteiger partial charge >= 0.3 is 11.9 Å². The minimum atomic E-state index is -1.76. The molecule has 0 spiro atoms. The number of Topliss-reactive ketones (excluding diaryl/α,β-unsaturated/α-hetero) is 2. The number of oxime groups is 1. The summed E-state index contributed by atoms with van der Waals surface area (Å²) in [6, 6.07) is 2.65. The van der Waals surface area contributed by atoms with Gasteiger partial charge in [0, 0.05) is 54.4 Å². The van der Waals surface area contributed by atoms with Crippen LogP contribution < -0.4 is 5.73 Å². The number of carbonyl (C=O) groups excluding carboxylic acids is 3. The first-order valence-electron chi connectivity index (χ1n) is 16.2. The minimum absolute atomic E-state index is 0.0629. The third kappa shape index (κ3) is 6.79.